The second-order valence-corrected chi connectivity index (χ2v) is 6.95. The van der Waals surface area contributed by atoms with Crippen LogP contribution in [0.2, 0.25) is 0 Å². The molecule has 4 rings (SSSR count). The summed E-state index contributed by atoms with van der Waals surface area (Å²) >= 11 is 0. The number of benzene rings is 2. The quantitative estimate of drug-likeness (QED) is 0.435. The van der Waals surface area contributed by atoms with Crippen LogP contribution in [0.3, 0.4) is 0 Å². The standard InChI is InChI=1S/C23H22FN3O2/c1-2-3-13-29-20-9-7-18(8-10-20)21-15-22-23(28)26(11-12-27(22)25-21)16-17-5-4-6-19(24)14-17/h4-12,14-15H,2-3,13,16H2,1H3. The fraction of sp³-hybridized carbons (Fsp3) is 0.217. The summed E-state index contributed by atoms with van der Waals surface area (Å²) in [4.78, 5) is 12.9. The van der Waals surface area contributed by atoms with Crippen molar-refractivity contribution < 1.29 is 9.13 Å². The second-order valence-electron chi connectivity index (χ2n) is 6.95. The monoisotopic (exact) mass is 391 g/mol. The van der Waals surface area contributed by atoms with Gasteiger partial charge in [-0.1, -0.05) is 25.5 Å². The lowest BCUT2D eigenvalue weighted by Gasteiger charge is -2.06. The molecule has 6 heteroatoms. The molecule has 2 heterocycles. The Kier molecular flexibility index (Phi) is 5.42. The minimum atomic E-state index is -0.314. The molecule has 5 nitrogen and oxygen atoms in total. The van der Waals surface area contributed by atoms with Crippen LogP contribution in [0.15, 0.2) is 71.8 Å². The van der Waals surface area contributed by atoms with Gasteiger partial charge in [0.25, 0.3) is 5.56 Å². The average Bonchev–Trinajstić information content (AvgIpc) is 3.16. The lowest BCUT2D eigenvalue weighted by atomic mass is 10.1. The van der Waals surface area contributed by atoms with Crippen LogP contribution in [-0.2, 0) is 6.54 Å². The van der Waals surface area contributed by atoms with Gasteiger partial charge in [-0.15, -0.1) is 0 Å². The number of hydrogen-bond acceptors (Lipinski definition) is 3. The van der Waals surface area contributed by atoms with Gasteiger partial charge in [-0.3, -0.25) is 4.79 Å². The number of aromatic nitrogens is 3. The van der Waals surface area contributed by atoms with E-state index in [4.69, 9.17) is 4.74 Å². The van der Waals surface area contributed by atoms with Gasteiger partial charge in [0.2, 0.25) is 0 Å². The molecule has 0 radical (unpaired) electrons. The van der Waals surface area contributed by atoms with Crippen molar-refractivity contribution in [2.24, 2.45) is 0 Å². The van der Waals surface area contributed by atoms with Crippen LogP contribution in [0.4, 0.5) is 4.39 Å². The highest BCUT2D eigenvalue weighted by Gasteiger charge is 2.10. The molecule has 0 spiro atoms. The van der Waals surface area contributed by atoms with E-state index in [0.717, 1.165) is 29.7 Å². The van der Waals surface area contributed by atoms with Crippen molar-refractivity contribution in [1.29, 1.82) is 0 Å². The summed E-state index contributed by atoms with van der Waals surface area (Å²) in [5, 5.41) is 4.51. The molecule has 0 unspecified atom stereocenters. The molecule has 0 bridgehead atoms. The largest absolute Gasteiger partial charge is 0.494 e. The molecule has 0 saturated heterocycles. The molecule has 0 aliphatic heterocycles. The number of fused-ring (bicyclic) bond motifs is 1. The molecule has 0 N–H and O–H groups in total. The first-order valence-electron chi connectivity index (χ1n) is 9.70. The average molecular weight is 391 g/mol. The van der Waals surface area contributed by atoms with E-state index in [-0.39, 0.29) is 11.4 Å². The Hall–Kier alpha value is -3.41. The van der Waals surface area contributed by atoms with E-state index in [0.29, 0.717) is 24.4 Å². The first-order valence-corrected chi connectivity index (χ1v) is 9.70. The fourth-order valence-electron chi connectivity index (χ4n) is 3.18. The van der Waals surface area contributed by atoms with Crippen molar-refractivity contribution in [2.45, 2.75) is 26.3 Å². The lowest BCUT2D eigenvalue weighted by Crippen LogP contribution is -2.21. The molecule has 0 aliphatic rings. The van der Waals surface area contributed by atoms with Crippen molar-refractivity contribution in [3.8, 4) is 17.0 Å². The number of unbranched alkanes of at least 4 members (excludes halogenated alkanes) is 1. The van der Waals surface area contributed by atoms with Gasteiger partial charge < -0.3 is 9.30 Å². The highest BCUT2D eigenvalue weighted by Crippen LogP contribution is 2.22. The Morgan fingerprint density at radius 1 is 1.07 bits per heavy atom. The zero-order chi connectivity index (χ0) is 20.2. The van der Waals surface area contributed by atoms with E-state index < -0.39 is 0 Å². The lowest BCUT2D eigenvalue weighted by molar-refractivity contribution is 0.309. The van der Waals surface area contributed by atoms with Crippen LogP contribution < -0.4 is 10.3 Å². The molecule has 0 amide bonds. The third-order valence-electron chi connectivity index (χ3n) is 4.76. The van der Waals surface area contributed by atoms with Gasteiger partial charge in [0.15, 0.2) is 0 Å². The normalized spacial score (nSPS) is 11.1. The maximum Gasteiger partial charge on any atom is 0.276 e. The van der Waals surface area contributed by atoms with Crippen LogP contribution in [-0.4, -0.2) is 20.8 Å². The van der Waals surface area contributed by atoms with Crippen LogP contribution in [0.5, 0.6) is 5.75 Å². The van der Waals surface area contributed by atoms with E-state index in [1.807, 2.05) is 24.3 Å². The molecule has 4 aromatic rings. The fourth-order valence-corrected chi connectivity index (χ4v) is 3.18. The maximum atomic E-state index is 13.4. The summed E-state index contributed by atoms with van der Waals surface area (Å²) in [6, 6.07) is 15.7. The number of ether oxygens (including phenoxy) is 1. The Morgan fingerprint density at radius 3 is 2.66 bits per heavy atom. The van der Waals surface area contributed by atoms with Crippen molar-refractivity contribution >= 4 is 5.52 Å². The first-order chi connectivity index (χ1) is 14.1. The van der Waals surface area contributed by atoms with Crippen molar-refractivity contribution in [1.82, 2.24) is 14.2 Å². The topological polar surface area (TPSA) is 48.5 Å². The summed E-state index contributed by atoms with van der Waals surface area (Å²) in [5.41, 5.74) is 2.66. The predicted octanol–water partition coefficient (Wildman–Crippen LogP) is 4.53. The molecule has 0 atom stereocenters. The van der Waals surface area contributed by atoms with E-state index >= 15 is 0 Å². The minimum absolute atomic E-state index is 0.171. The van der Waals surface area contributed by atoms with E-state index in [1.165, 1.54) is 12.1 Å². The van der Waals surface area contributed by atoms with Gasteiger partial charge in [-0.25, -0.2) is 8.91 Å². The molecule has 0 fully saturated rings. The van der Waals surface area contributed by atoms with Gasteiger partial charge in [-0.2, -0.15) is 5.10 Å². The zero-order valence-electron chi connectivity index (χ0n) is 16.2. The van der Waals surface area contributed by atoms with Crippen LogP contribution in [0, 0.1) is 5.82 Å². The Morgan fingerprint density at radius 2 is 1.90 bits per heavy atom. The summed E-state index contributed by atoms with van der Waals surface area (Å²) in [6.07, 6.45) is 5.52. The van der Waals surface area contributed by atoms with Gasteiger partial charge >= 0.3 is 0 Å². The number of rotatable bonds is 7. The second kappa shape index (κ2) is 8.31. The number of nitrogens with zero attached hydrogens (tertiary/aromatic N) is 3. The smallest absolute Gasteiger partial charge is 0.276 e. The van der Waals surface area contributed by atoms with Crippen LogP contribution in [0.25, 0.3) is 16.8 Å². The summed E-state index contributed by atoms with van der Waals surface area (Å²) in [5.74, 6) is 0.508. The summed E-state index contributed by atoms with van der Waals surface area (Å²) < 4.78 is 22.2. The molecule has 0 aliphatic carbocycles. The Labute approximate surface area is 168 Å². The molecule has 0 saturated carbocycles. The van der Waals surface area contributed by atoms with E-state index in [2.05, 4.69) is 12.0 Å². The molecule has 2 aromatic carbocycles. The van der Waals surface area contributed by atoms with Gasteiger partial charge in [0.05, 0.1) is 18.8 Å². The predicted molar refractivity (Wildman–Crippen MR) is 111 cm³/mol. The highest BCUT2D eigenvalue weighted by atomic mass is 19.1. The number of halogens is 1. The minimum Gasteiger partial charge on any atom is -0.494 e. The van der Waals surface area contributed by atoms with E-state index in [1.54, 1.807) is 39.7 Å². The Balaban J connectivity index is 1.59. The van der Waals surface area contributed by atoms with Gasteiger partial charge in [-0.05, 0) is 54.4 Å². The van der Waals surface area contributed by atoms with E-state index in [9.17, 15) is 9.18 Å². The number of hydrogen-bond donors (Lipinski definition) is 0. The highest BCUT2D eigenvalue weighted by molar-refractivity contribution is 5.66. The van der Waals surface area contributed by atoms with Crippen LogP contribution in [0.1, 0.15) is 25.3 Å². The summed E-state index contributed by atoms with van der Waals surface area (Å²) in [7, 11) is 0. The van der Waals surface area contributed by atoms with Crippen molar-refractivity contribution in [3.63, 3.8) is 0 Å². The Bertz CT molecular complexity index is 1180. The molecular formula is C23H22FN3O2. The van der Waals surface area contributed by atoms with Gasteiger partial charge in [0, 0.05) is 18.0 Å². The molecule has 29 heavy (non-hydrogen) atoms. The maximum absolute atomic E-state index is 13.4. The molecular weight excluding hydrogens is 369 g/mol. The van der Waals surface area contributed by atoms with Crippen molar-refractivity contribution in [3.05, 3.63) is 88.7 Å². The van der Waals surface area contributed by atoms with Gasteiger partial charge in [0.1, 0.15) is 17.1 Å². The van der Waals surface area contributed by atoms with Crippen molar-refractivity contribution in [2.75, 3.05) is 6.61 Å². The summed E-state index contributed by atoms with van der Waals surface area (Å²) in [6.45, 7) is 3.13. The molecule has 2 aromatic heterocycles. The molecule has 148 valence electrons. The third kappa shape index (κ3) is 4.21. The van der Waals surface area contributed by atoms with Crippen LogP contribution >= 0.6 is 0 Å². The first kappa shape index (κ1) is 18.9. The SMILES string of the molecule is CCCCOc1ccc(-c2cc3c(=O)n(Cc4cccc(F)c4)ccn3n2)cc1. The third-order valence-corrected chi connectivity index (χ3v) is 4.76. The zero-order valence-corrected chi connectivity index (χ0v) is 16.2.